The molecule has 0 bridgehead atoms. The molecule has 0 aliphatic carbocycles. The Morgan fingerprint density at radius 1 is 0.846 bits per heavy atom. The Bertz CT molecular complexity index is 945. The van der Waals surface area contributed by atoms with Crippen LogP contribution in [-0.2, 0) is 19.2 Å². The van der Waals surface area contributed by atoms with E-state index in [0.29, 0.717) is 5.56 Å². The summed E-state index contributed by atoms with van der Waals surface area (Å²) in [6.45, 7) is 6.24. The van der Waals surface area contributed by atoms with Crippen LogP contribution in [0.3, 0.4) is 0 Å². The number of carboxylic acids is 1. The molecule has 0 fully saturated rings. The molecule has 7 atom stereocenters. The average Bonchev–Trinajstić information content (AvgIpc) is 2.88. The highest BCUT2D eigenvalue weighted by molar-refractivity contribution is 5.90. The number of rotatable bonds is 16. The molecule has 0 radical (unpaired) electrons. The minimum absolute atomic E-state index is 0.0340. The Kier molecular flexibility index (Phi) is 14.0. The van der Waals surface area contributed by atoms with Gasteiger partial charge in [-0.05, 0) is 23.8 Å². The SMILES string of the molecule is CC(C)C[C@H](NC(=O)[C@@H](N)C(C)C)C(=O)NC(CO)C(O)C(O)C(O)C(=O)NC(CC(=O)O)c1ccccc1. The van der Waals surface area contributed by atoms with Gasteiger partial charge in [0.15, 0.2) is 6.10 Å². The van der Waals surface area contributed by atoms with Crippen molar-refractivity contribution in [3.8, 4) is 0 Å². The van der Waals surface area contributed by atoms with E-state index in [2.05, 4.69) is 16.0 Å². The predicted octanol–water partition coefficient (Wildman–Crippen LogP) is -1.61. The molecule has 0 spiro atoms. The zero-order chi connectivity index (χ0) is 29.9. The van der Waals surface area contributed by atoms with Crippen molar-refractivity contribution >= 4 is 23.7 Å². The van der Waals surface area contributed by atoms with Gasteiger partial charge >= 0.3 is 5.97 Å². The predicted molar refractivity (Wildman–Crippen MR) is 141 cm³/mol. The lowest BCUT2D eigenvalue weighted by Crippen LogP contribution is -2.60. The molecule has 1 aromatic carbocycles. The third kappa shape index (κ3) is 10.9. The van der Waals surface area contributed by atoms with Crippen molar-refractivity contribution in [3.63, 3.8) is 0 Å². The van der Waals surface area contributed by atoms with Crippen LogP contribution in [0.1, 0.15) is 52.1 Å². The smallest absolute Gasteiger partial charge is 0.305 e. The van der Waals surface area contributed by atoms with Crippen LogP contribution in [-0.4, -0.2) is 92.3 Å². The number of carboxylic acid groups (broad SMARTS) is 1. The summed E-state index contributed by atoms with van der Waals surface area (Å²) in [5.74, 6) is -3.96. The summed E-state index contributed by atoms with van der Waals surface area (Å²) in [7, 11) is 0. The van der Waals surface area contributed by atoms with E-state index in [1.807, 2.05) is 13.8 Å². The highest BCUT2D eigenvalue weighted by Gasteiger charge is 2.37. The highest BCUT2D eigenvalue weighted by Crippen LogP contribution is 2.18. The molecule has 1 aromatic rings. The molecule has 39 heavy (non-hydrogen) atoms. The molecule has 1 rings (SSSR count). The lowest BCUT2D eigenvalue weighted by atomic mass is 9.97. The standard InChI is InChI=1S/C26H42N4O9/c1-13(2)10-17(29-25(38)20(27)14(3)4)24(37)30-18(12-31)21(34)22(35)23(36)26(39)28-16(11-19(32)33)15-8-6-5-7-9-15/h5-9,13-14,16-18,20-23,31,34-36H,10-12,27H2,1-4H3,(H,28,39)(H,29,38)(H,30,37)(H,32,33)/t16?,17-,18?,20-,21?,22?,23?/m0/s1. The van der Waals surface area contributed by atoms with Crippen molar-refractivity contribution in [2.75, 3.05) is 6.61 Å². The second-order valence-electron chi connectivity index (χ2n) is 10.3. The quantitative estimate of drug-likeness (QED) is 0.113. The van der Waals surface area contributed by atoms with E-state index in [4.69, 9.17) is 5.73 Å². The number of carbonyl (C=O) groups excluding carboxylic acids is 3. The summed E-state index contributed by atoms with van der Waals surface area (Å²) in [5, 5.41) is 57.6. The molecule has 13 heteroatoms. The van der Waals surface area contributed by atoms with Gasteiger partial charge in [0.1, 0.15) is 18.2 Å². The summed E-state index contributed by atoms with van der Waals surface area (Å²) >= 11 is 0. The van der Waals surface area contributed by atoms with Gasteiger partial charge in [0, 0.05) is 0 Å². The molecule has 13 nitrogen and oxygen atoms in total. The van der Waals surface area contributed by atoms with Gasteiger partial charge in [0.25, 0.3) is 5.91 Å². The number of hydrogen-bond donors (Lipinski definition) is 9. The third-order valence-corrected chi connectivity index (χ3v) is 6.14. The largest absolute Gasteiger partial charge is 0.481 e. The maximum Gasteiger partial charge on any atom is 0.305 e. The third-order valence-electron chi connectivity index (χ3n) is 6.14. The van der Waals surface area contributed by atoms with E-state index in [0.717, 1.165) is 0 Å². The van der Waals surface area contributed by atoms with Crippen LogP contribution in [0.2, 0.25) is 0 Å². The number of nitrogens with two attached hydrogens (primary N) is 1. The molecule has 0 saturated carbocycles. The summed E-state index contributed by atoms with van der Waals surface area (Å²) in [4.78, 5) is 49.3. The van der Waals surface area contributed by atoms with Crippen LogP contribution in [0.25, 0.3) is 0 Å². The summed E-state index contributed by atoms with van der Waals surface area (Å²) < 4.78 is 0. The first-order chi connectivity index (χ1) is 18.2. The Morgan fingerprint density at radius 3 is 1.92 bits per heavy atom. The molecule has 0 aromatic heterocycles. The first-order valence-corrected chi connectivity index (χ1v) is 12.8. The summed E-state index contributed by atoms with van der Waals surface area (Å²) in [5.41, 5.74) is 6.30. The Balaban J connectivity index is 2.95. The average molecular weight is 555 g/mol. The molecule has 0 saturated heterocycles. The van der Waals surface area contributed by atoms with Gasteiger partial charge in [-0.15, -0.1) is 0 Å². The van der Waals surface area contributed by atoms with Crippen LogP contribution in [0.4, 0.5) is 0 Å². The minimum Gasteiger partial charge on any atom is -0.481 e. The molecule has 5 unspecified atom stereocenters. The van der Waals surface area contributed by atoms with Crippen LogP contribution in [0, 0.1) is 11.8 Å². The van der Waals surface area contributed by atoms with Gasteiger partial charge in [-0.25, -0.2) is 0 Å². The maximum absolute atomic E-state index is 12.9. The first kappa shape index (κ1) is 33.9. The van der Waals surface area contributed by atoms with Crippen molar-refractivity contribution < 1.29 is 44.7 Å². The topological polar surface area (TPSA) is 232 Å². The van der Waals surface area contributed by atoms with Crippen LogP contribution in [0.15, 0.2) is 30.3 Å². The molecule has 0 heterocycles. The zero-order valence-electron chi connectivity index (χ0n) is 22.7. The van der Waals surface area contributed by atoms with E-state index < -0.39 is 79.2 Å². The number of aliphatic carboxylic acids is 1. The molecule has 0 aliphatic heterocycles. The number of aliphatic hydroxyl groups excluding tert-OH is 4. The number of benzene rings is 1. The highest BCUT2D eigenvalue weighted by atomic mass is 16.4. The Hall–Kier alpha value is -3.10. The number of amides is 3. The molecule has 3 amide bonds. The second-order valence-corrected chi connectivity index (χ2v) is 10.3. The van der Waals surface area contributed by atoms with Gasteiger partial charge < -0.3 is 47.2 Å². The van der Waals surface area contributed by atoms with Gasteiger partial charge in [-0.2, -0.15) is 0 Å². The van der Waals surface area contributed by atoms with Crippen molar-refractivity contribution in [1.82, 2.24) is 16.0 Å². The molecule has 10 N–H and O–H groups in total. The minimum atomic E-state index is -2.24. The number of aliphatic hydroxyl groups is 4. The van der Waals surface area contributed by atoms with Crippen molar-refractivity contribution in [3.05, 3.63) is 35.9 Å². The second kappa shape index (κ2) is 16.1. The summed E-state index contributed by atoms with van der Waals surface area (Å²) in [6.07, 6.45) is -6.73. The van der Waals surface area contributed by atoms with Crippen LogP contribution in [0.5, 0.6) is 0 Å². The van der Waals surface area contributed by atoms with Crippen LogP contribution < -0.4 is 21.7 Å². The monoisotopic (exact) mass is 554 g/mol. The van der Waals surface area contributed by atoms with E-state index in [1.165, 1.54) is 0 Å². The lowest BCUT2D eigenvalue weighted by molar-refractivity contribution is -0.145. The van der Waals surface area contributed by atoms with Gasteiger partial charge in [-0.1, -0.05) is 58.0 Å². The fourth-order valence-corrected chi connectivity index (χ4v) is 3.75. The van der Waals surface area contributed by atoms with Gasteiger partial charge in [0.05, 0.1) is 31.2 Å². The van der Waals surface area contributed by atoms with E-state index in [-0.39, 0.29) is 18.3 Å². The van der Waals surface area contributed by atoms with Crippen molar-refractivity contribution in [2.24, 2.45) is 17.6 Å². The van der Waals surface area contributed by atoms with Crippen molar-refractivity contribution in [1.29, 1.82) is 0 Å². The fourth-order valence-electron chi connectivity index (χ4n) is 3.75. The van der Waals surface area contributed by atoms with E-state index in [1.54, 1.807) is 44.2 Å². The number of nitrogens with one attached hydrogen (secondary N) is 3. The normalized spacial score (nSPS) is 16.9. The Morgan fingerprint density at radius 2 is 1.44 bits per heavy atom. The molecule has 0 aliphatic rings. The number of carbonyl (C=O) groups is 4. The fraction of sp³-hybridized carbons (Fsp3) is 0.615. The van der Waals surface area contributed by atoms with Gasteiger partial charge in [0.2, 0.25) is 11.8 Å². The number of hydrogen-bond acceptors (Lipinski definition) is 9. The molecular formula is C26H42N4O9. The Labute approximate surface area is 227 Å². The molecular weight excluding hydrogens is 512 g/mol. The van der Waals surface area contributed by atoms with E-state index >= 15 is 0 Å². The maximum atomic E-state index is 12.9. The van der Waals surface area contributed by atoms with Crippen LogP contribution >= 0.6 is 0 Å². The van der Waals surface area contributed by atoms with E-state index in [9.17, 15) is 44.7 Å². The molecule has 220 valence electrons. The zero-order valence-corrected chi connectivity index (χ0v) is 22.7. The lowest BCUT2D eigenvalue weighted by Gasteiger charge is -2.31. The van der Waals surface area contributed by atoms with Gasteiger partial charge in [-0.3, -0.25) is 19.2 Å². The summed E-state index contributed by atoms with van der Waals surface area (Å²) in [6, 6.07) is 3.59. The first-order valence-electron chi connectivity index (χ1n) is 12.8. The van der Waals surface area contributed by atoms with Crippen molar-refractivity contribution in [2.45, 2.75) is 83.0 Å².